The summed E-state index contributed by atoms with van der Waals surface area (Å²) < 4.78 is 27.9. The van der Waals surface area contributed by atoms with Gasteiger partial charge < -0.3 is 5.32 Å². The van der Waals surface area contributed by atoms with Crippen LogP contribution >= 0.6 is 0 Å². The molecule has 152 valence electrons. The van der Waals surface area contributed by atoms with Crippen molar-refractivity contribution in [2.75, 3.05) is 5.32 Å². The first-order valence-corrected chi connectivity index (χ1v) is 10.5. The van der Waals surface area contributed by atoms with Gasteiger partial charge in [-0.25, -0.2) is 8.78 Å². The summed E-state index contributed by atoms with van der Waals surface area (Å²) in [6, 6.07) is 9.46. The lowest BCUT2D eigenvalue weighted by atomic mass is 9.76. The van der Waals surface area contributed by atoms with Crippen LogP contribution < -0.4 is 5.32 Å². The van der Waals surface area contributed by atoms with E-state index in [1.165, 1.54) is 48.5 Å². The summed E-state index contributed by atoms with van der Waals surface area (Å²) in [7, 11) is 0. The van der Waals surface area contributed by atoms with Gasteiger partial charge in [-0.3, -0.25) is 4.79 Å². The summed E-state index contributed by atoms with van der Waals surface area (Å²) in [5, 5.41) is 2.70. The van der Waals surface area contributed by atoms with Gasteiger partial charge >= 0.3 is 0 Å². The van der Waals surface area contributed by atoms with Gasteiger partial charge in [-0.2, -0.15) is 0 Å². The summed E-state index contributed by atoms with van der Waals surface area (Å²) in [6.45, 7) is 4.26. The molecule has 0 aromatic heterocycles. The minimum absolute atomic E-state index is 0.545. The van der Waals surface area contributed by atoms with Crippen molar-refractivity contribution in [3.05, 3.63) is 70.3 Å². The van der Waals surface area contributed by atoms with Crippen molar-refractivity contribution in [1.29, 1.82) is 0 Å². The van der Waals surface area contributed by atoms with Gasteiger partial charge in [-0.05, 0) is 91.8 Å². The molecule has 0 saturated heterocycles. The molecule has 0 aliphatic heterocycles. The van der Waals surface area contributed by atoms with E-state index in [2.05, 4.69) is 18.3 Å². The first kappa shape index (κ1) is 19.8. The van der Waals surface area contributed by atoms with Crippen molar-refractivity contribution >= 4 is 17.2 Å². The van der Waals surface area contributed by atoms with Crippen LogP contribution in [0.3, 0.4) is 0 Å². The number of carbonyl (C=O) groups is 1. The maximum absolute atomic E-state index is 13.9. The Kier molecular flexibility index (Phi) is 5.53. The van der Waals surface area contributed by atoms with Gasteiger partial charge in [0.15, 0.2) is 0 Å². The third kappa shape index (κ3) is 3.85. The number of carbonyl (C=O) groups excluding carboxylic acids is 1. The quantitative estimate of drug-likeness (QED) is 0.608. The lowest BCUT2D eigenvalue weighted by molar-refractivity contribution is 0.101. The summed E-state index contributed by atoms with van der Waals surface area (Å²) in [6.07, 6.45) is 7.06. The van der Waals surface area contributed by atoms with Crippen LogP contribution in [0.5, 0.6) is 0 Å². The van der Waals surface area contributed by atoms with Crippen molar-refractivity contribution in [3.63, 3.8) is 0 Å². The molecule has 0 radical (unpaired) electrons. The van der Waals surface area contributed by atoms with Crippen molar-refractivity contribution in [1.82, 2.24) is 0 Å². The van der Waals surface area contributed by atoms with Crippen LogP contribution in [0.2, 0.25) is 0 Å². The molecule has 0 heterocycles. The minimum Gasteiger partial charge on any atom is -0.322 e. The van der Waals surface area contributed by atoms with E-state index in [0.29, 0.717) is 5.69 Å². The van der Waals surface area contributed by atoms with Gasteiger partial charge in [-0.15, -0.1) is 0 Å². The molecule has 0 spiro atoms. The first-order valence-electron chi connectivity index (χ1n) is 10.5. The number of allylic oxidation sites excluding steroid dienone is 2. The zero-order chi connectivity index (χ0) is 20.5. The van der Waals surface area contributed by atoms with Crippen LogP contribution in [0.25, 0.3) is 5.57 Å². The zero-order valence-electron chi connectivity index (χ0n) is 17.0. The van der Waals surface area contributed by atoms with E-state index in [0.717, 1.165) is 42.4 Å². The average molecular weight is 395 g/mol. The molecule has 1 N–H and O–H groups in total. The highest BCUT2D eigenvalue weighted by Crippen LogP contribution is 2.47. The van der Waals surface area contributed by atoms with Crippen LogP contribution in [0.15, 0.2) is 42.0 Å². The van der Waals surface area contributed by atoms with Gasteiger partial charge in [0, 0.05) is 5.69 Å². The molecule has 2 aromatic carbocycles. The molecule has 2 nitrogen and oxygen atoms in total. The number of anilines is 1. The van der Waals surface area contributed by atoms with Crippen LogP contribution in [0, 0.1) is 23.5 Å². The second-order valence-electron chi connectivity index (χ2n) is 8.39. The normalized spacial score (nSPS) is 21.2. The number of aryl methyl sites for hydroxylation is 1. The minimum atomic E-state index is -0.855. The lowest BCUT2D eigenvalue weighted by Crippen LogP contribution is -2.17. The number of halogens is 2. The van der Waals surface area contributed by atoms with E-state index < -0.39 is 23.1 Å². The monoisotopic (exact) mass is 395 g/mol. The summed E-state index contributed by atoms with van der Waals surface area (Å²) in [4.78, 5) is 12.5. The average Bonchev–Trinajstić information content (AvgIpc) is 3.14. The van der Waals surface area contributed by atoms with Crippen LogP contribution in [0.4, 0.5) is 14.5 Å². The Bertz CT molecular complexity index is 959. The van der Waals surface area contributed by atoms with Crippen molar-refractivity contribution in [2.45, 2.75) is 52.4 Å². The molecule has 2 unspecified atom stereocenters. The number of rotatable bonds is 4. The standard InChI is InChI=1S/C25H27F2NO/c1-3-16-13-19(20-14-18-7-4-6-17(18)12-15(20)2)10-11-23(16)28-25(29)24-21(26)8-5-9-22(24)27/h5,8-11,13,17-18H,3-4,6-7,12,14H2,1-2H3,(H,28,29). The Hall–Kier alpha value is -2.49. The van der Waals surface area contributed by atoms with Crippen LogP contribution in [-0.4, -0.2) is 5.91 Å². The molecule has 2 aliphatic rings. The molecule has 1 fully saturated rings. The molecule has 1 amide bonds. The zero-order valence-corrected chi connectivity index (χ0v) is 17.0. The molecule has 4 rings (SSSR count). The lowest BCUT2D eigenvalue weighted by Gasteiger charge is -2.29. The highest BCUT2D eigenvalue weighted by Gasteiger charge is 2.32. The molecular weight excluding hydrogens is 368 g/mol. The van der Waals surface area contributed by atoms with Gasteiger partial charge in [0.2, 0.25) is 0 Å². The predicted molar refractivity (Wildman–Crippen MR) is 113 cm³/mol. The number of hydrogen-bond donors (Lipinski definition) is 1. The Morgan fingerprint density at radius 3 is 2.45 bits per heavy atom. The Labute approximate surface area is 171 Å². The number of amides is 1. The Balaban J connectivity index is 1.60. The summed E-state index contributed by atoms with van der Waals surface area (Å²) >= 11 is 0. The van der Waals surface area contributed by atoms with Gasteiger partial charge in [0.05, 0.1) is 0 Å². The molecule has 1 saturated carbocycles. The van der Waals surface area contributed by atoms with Crippen LogP contribution in [-0.2, 0) is 6.42 Å². The molecule has 2 aromatic rings. The highest BCUT2D eigenvalue weighted by atomic mass is 19.1. The van der Waals surface area contributed by atoms with E-state index >= 15 is 0 Å². The fourth-order valence-electron chi connectivity index (χ4n) is 5.06. The first-order chi connectivity index (χ1) is 14.0. The third-order valence-corrected chi connectivity index (χ3v) is 6.64. The van der Waals surface area contributed by atoms with Crippen LogP contribution in [0.1, 0.15) is 67.4 Å². The third-order valence-electron chi connectivity index (χ3n) is 6.64. The summed E-state index contributed by atoms with van der Waals surface area (Å²) in [5.74, 6) is -0.830. The maximum Gasteiger partial charge on any atom is 0.261 e. The predicted octanol–water partition coefficient (Wildman–Crippen LogP) is 6.76. The smallest absolute Gasteiger partial charge is 0.261 e. The van der Waals surface area contributed by atoms with E-state index in [1.807, 2.05) is 19.1 Å². The number of fused-ring (bicyclic) bond motifs is 1. The highest BCUT2D eigenvalue weighted by molar-refractivity contribution is 6.05. The molecule has 0 bridgehead atoms. The van der Waals surface area contributed by atoms with Crippen molar-refractivity contribution < 1.29 is 13.6 Å². The fraction of sp³-hybridized carbons (Fsp3) is 0.400. The number of benzene rings is 2. The molecule has 4 heteroatoms. The molecule has 29 heavy (non-hydrogen) atoms. The second kappa shape index (κ2) is 8.10. The topological polar surface area (TPSA) is 29.1 Å². The molecule has 2 atom stereocenters. The van der Waals surface area contributed by atoms with E-state index in [9.17, 15) is 13.6 Å². The van der Waals surface area contributed by atoms with Crippen molar-refractivity contribution in [2.24, 2.45) is 11.8 Å². The fourth-order valence-corrected chi connectivity index (χ4v) is 5.06. The maximum atomic E-state index is 13.9. The van der Waals surface area contributed by atoms with E-state index in [4.69, 9.17) is 0 Å². The SMILES string of the molecule is CCc1cc(C2=C(C)CC3CCCC3C2)ccc1NC(=O)c1c(F)cccc1F. The van der Waals surface area contributed by atoms with Gasteiger partial charge in [-0.1, -0.05) is 31.1 Å². The number of nitrogens with one attached hydrogen (secondary N) is 1. The van der Waals surface area contributed by atoms with E-state index in [-0.39, 0.29) is 0 Å². The molecular formula is C25H27F2NO. The number of hydrogen-bond acceptors (Lipinski definition) is 1. The van der Waals surface area contributed by atoms with Gasteiger partial charge in [0.25, 0.3) is 5.91 Å². The Morgan fingerprint density at radius 1 is 1.07 bits per heavy atom. The van der Waals surface area contributed by atoms with Gasteiger partial charge in [0.1, 0.15) is 17.2 Å². The largest absolute Gasteiger partial charge is 0.322 e. The second-order valence-corrected chi connectivity index (χ2v) is 8.39. The van der Waals surface area contributed by atoms with Crippen molar-refractivity contribution in [3.8, 4) is 0 Å². The summed E-state index contributed by atoms with van der Waals surface area (Å²) in [5.41, 5.74) is 5.15. The van der Waals surface area contributed by atoms with E-state index in [1.54, 1.807) is 0 Å². The Morgan fingerprint density at radius 2 is 1.76 bits per heavy atom. The molecule has 2 aliphatic carbocycles.